The summed E-state index contributed by atoms with van der Waals surface area (Å²) in [6.45, 7) is 0.725. The molecule has 1 heterocycles. The molecular formula is C13H13ClN2O2. The summed E-state index contributed by atoms with van der Waals surface area (Å²) >= 11 is 5.96. The summed E-state index contributed by atoms with van der Waals surface area (Å²) in [5, 5.41) is 11.9. The minimum absolute atomic E-state index is 0.00271. The van der Waals surface area contributed by atoms with E-state index in [1.54, 1.807) is 18.2 Å². The molecule has 1 unspecified atom stereocenters. The summed E-state index contributed by atoms with van der Waals surface area (Å²) in [6, 6.07) is 6.78. The van der Waals surface area contributed by atoms with Gasteiger partial charge in [0.05, 0.1) is 34.9 Å². The van der Waals surface area contributed by atoms with Crippen LogP contribution in [0, 0.1) is 11.3 Å². The van der Waals surface area contributed by atoms with E-state index in [9.17, 15) is 4.79 Å². The van der Waals surface area contributed by atoms with Gasteiger partial charge in [0, 0.05) is 6.61 Å². The summed E-state index contributed by atoms with van der Waals surface area (Å²) in [5.41, 5.74) is 0.936. The molecule has 0 spiro atoms. The van der Waals surface area contributed by atoms with Crippen molar-refractivity contribution in [3.05, 3.63) is 28.8 Å². The molecule has 0 radical (unpaired) electrons. The Labute approximate surface area is 111 Å². The fourth-order valence-corrected chi connectivity index (χ4v) is 2.07. The topological polar surface area (TPSA) is 62.1 Å². The molecule has 5 heteroatoms. The van der Waals surface area contributed by atoms with Gasteiger partial charge in [-0.15, -0.1) is 0 Å². The Kier molecular flexibility index (Phi) is 4.19. The van der Waals surface area contributed by atoms with E-state index in [0.717, 1.165) is 19.4 Å². The van der Waals surface area contributed by atoms with Crippen LogP contribution in [0.15, 0.2) is 18.2 Å². The lowest BCUT2D eigenvalue weighted by Gasteiger charge is -2.11. The molecular weight excluding hydrogens is 252 g/mol. The van der Waals surface area contributed by atoms with Crippen molar-refractivity contribution in [2.75, 3.05) is 11.9 Å². The van der Waals surface area contributed by atoms with Gasteiger partial charge in [0.2, 0.25) is 5.91 Å². The predicted molar refractivity (Wildman–Crippen MR) is 68.4 cm³/mol. The Hall–Kier alpha value is -1.57. The first-order chi connectivity index (χ1) is 8.69. The zero-order valence-electron chi connectivity index (χ0n) is 9.78. The van der Waals surface area contributed by atoms with Gasteiger partial charge in [0.1, 0.15) is 0 Å². The zero-order chi connectivity index (χ0) is 13.0. The van der Waals surface area contributed by atoms with E-state index in [0.29, 0.717) is 22.7 Å². The van der Waals surface area contributed by atoms with E-state index in [4.69, 9.17) is 21.6 Å². The third kappa shape index (κ3) is 3.22. The maximum Gasteiger partial charge on any atom is 0.227 e. The maximum atomic E-state index is 11.8. The molecule has 1 amide bonds. The van der Waals surface area contributed by atoms with Crippen LogP contribution in [0.1, 0.15) is 24.8 Å². The van der Waals surface area contributed by atoms with E-state index >= 15 is 0 Å². The van der Waals surface area contributed by atoms with Crippen LogP contribution < -0.4 is 5.32 Å². The van der Waals surface area contributed by atoms with Crippen molar-refractivity contribution in [3.8, 4) is 6.07 Å². The van der Waals surface area contributed by atoms with Crippen LogP contribution in [0.2, 0.25) is 5.02 Å². The summed E-state index contributed by atoms with van der Waals surface area (Å²) in [5.74, 6) is -0.140. The SMILES string of the molecule is N#Cc1ccc(Cl)c(NC(=O)CC2CCCO2)c1. The number of rotatable bonds is 3. The number of amides is 1. The van der Waals surface area contributed by atoms with E-state index in [1.165, 1.54) is 0 Å². The fourth-order valence-electron chi connectivity index (χ4n) is 1.90. The molecule has 0 saturated carbocycles. The van der Waals surface area contributed by atoms with Crippen LogP contribution in [0.25, 0.3) is 0 Å². The van der Waals surface area contributed by atoms with Crippen molar-refractivity contribution >= 4 is 23.2 Å². The molecule has 94 valence electrons. The van der Waals surface area contributed by atoms with Crippen LogP contribution in [-0.4, -0.2) is 18.6 Å². The van der Waals surface area contributed by atoms with Crippen molar-refractivity contribution < 1.29 is 9.53 Å². The number of nitriles is 1. The smallest absolute Gasteiger partial charge is 0.227 e. The van der Waals surface area contributed by atoms with Crippen molar-refractivity contribution in [2.24, 2.45) is 0 Å². The van der Waals surface area contributed by atoms with Crippen LogP contribution in [0.5, 0.6) is 0 Å². The minimum atomic E-state index is -0.140. The van der Waals surface area contributed by atoms with Crippen molar-refractivity contribution in [3.63, 3.8) is 0 Å². The summed E-state index contributed by atoms with van der Waals surface area (Å²) in [7, 11) is 0. The molecule has 0 aliphatic carbocycles. The van der Waals surface area contributed by atoms with Gasteiger partial charge in [0.15, 0.2) is 0 Å². The van der Waals surface area contributed by atoms with Gasteiger partial charge in [0.25, 0.3) is 0 Å². The number of hydrogen-bond donors (Lipinski definition) is 1. The van der Waals surface area contributed by atoms with Crippen molar-refractivity contribution in [2.45, 2.75) is 25.4 Å². The van der Waals surface area contributed by atoms with Gasteiger partial charge in [-0.05, 0) is 31.0 Å². The average molecular weight is 265 g/mol. The molecule has 1 N–H and O–H groups in total. The number of benzene rings is 1. The Morgan fingerprint density at radius 1 is 1.61 bits per heavy atom. The second kappa shape index (κ2) is 5.85. The predicted octanol–water partition coefficient (Wildman–Crippen LogP) is 2.72. The highest BCUT2D eigenvalue weighted by Crippen LogP contribution is 2.23. The van der Waals surface area contributed by atoms with Gasteiger partial charge in [-0.25, -0.2) is 0 Å². The molecule has 2 rings (SSSR count). The van der Waals surface area contributed by atoms with Crippen molar-refractivity contribution in [1.82, 2.24) is 0 Å². The van der Waals surface area contributed by atoms with E-state index in [-0.39, 0.29) is 12.0 Å². The normalized spacial score (nSPS) is 18.3. The Bertz CT molecular complexity index is 490. The van der Waals surface area contributed by atoms with Crippen LogP contribution in [0.3, 0.4) is 0 Å². The molecule has 0 bridgehead atoms. The maximum absolute atomic E-state index is 11.8. The zero-order valence-corrected chi connectivity index (χ0v) is 10.5. The van der Waals surface area contributed by atoms with Gasteiger partial charge < -0.3 is 10.1 Å². The second-order valence-electron chi connectivity index (χ2n) is 4.19. The molecule has 0 aromatic heterocycles. The summed E-state index contributed by atoms with van der Waals surface area (Å²) in [6.07, 6.45) is 2.25. The molecule has 1 fully saturated rings. The number of anilines is 1. The highest BCUT2D eigenvalue weighted by molar-refractivity contribution is 6.33. The largest absolute Gasteiger partial charge is 0.378 e. The minimum Gasteiger partial charge on any atom is -0.378 e. The summed E-state index contributed by atoms with van der Waals surface area (Å²) < 4.78 is 5.39. The lowest BCUT2D eigenvalue weighted by Crippen LogP contribution is -2.19. The number of halogens is 1. The standard InChI is InChI=1S/C13H13ClN2O2/c14-11-4-3-9(8-15)6-12(11)16-13(17)7-10-2-1-5-18-10/h3-4,6,10H,1-2,5,7H2,(H,16,17). The second-order valence-corrected chi connectivity index (χ2v) is 4.60. The van der Waals surface area contributed by atoms with E-state index in [2.05, 4.69) is 5.32 Å². The molecule has 1 aliphatic heterocycles. The number of hydrogen-bond acceptors (Lipinski definition) is 3. The molecule has 4 nitrogen and oxygen atoms in total. The first-order valence-corrected chi connectivity index (χ1v) is 6.18. The molecule has 1 aromatic carbocycles. The first-order valence-electron chi connectivity index (χ1n) is 5.80. The van der Waals surface area contributed by atoms with Crippen LogP contribution >= 0.6 is 11.6 Å². The van der Waals surface area contributed by atoms with Gasteiger partial charge >= 0.3 is 0 Å². The lowest BCUT2D eigenvalue weighted by molar-refractivity contribution is -0.118. The monoisotopic (exact) mass is 264 g/mol. The molecule has 1 aromatic rings. The number of nitrogens with one attached hydrogen (secondary N) is 1. The third-order valence-electron chi connectivity index (χ3n) is 2.81. The Morgan fingerprint density at radius 2 is 2.44 bits per heavy atom. The third-order valence-corrected chi connectivity index (χ3v) is 3.14. The Balaban J connectivity index is 1.99. The number of carbonyl (C=O) groups is 1. The number of carbonyl (C=O) groups excluding carboxylic acids is 1. The lowest BCUT2D eigenvalue weighted by atomic mass is 10.1. The first kappa shape index (κ1) is 12.9. The number of nitrogens with zero attached hydrogens (tertiary/aromatic N) is 1. The molecule has 1 aliphatic rings. The average Bonchev–Trinajstić information content (AvgIpc) is 2.84. The van der Waals surface area contributed by atoms with Gasteiger partial charge in [-0.2, -0.15) is 5.26 Å². The quantitative estimate of drug-likeness (QED) is 0.913. The van der Waals surface area contributed by atoms with Gasteiger partial charge in [-0.1, -0.05) is 11.6 Å². The summed E-state index contributed by atoms with van der Waals surface area (Å²) in [4.78, 5) is 11.8. The van der Waals surface area contributed by atoms with Gasteiger partial charge in [-0.3, -0.25) is 4.79 Å². The van der Waals surface area contributed by atoms with Crippen molar-refractivity contribution in [1.29, 1.82) is 5.26 Å². The highest BCUT2D eigenvalue weighted by Gasteiger charge is 2.19. The highest BCUT2D eigenvalue weighted by atomic mass is 35.5. The molecule has 1 saturated heterocycles. The fraction of sp³-hybridized carbons (Fsp3) is 0.385. The van der Waals surface area contributed by atoms with E-state index < -0.39 is 0 Å². The Morgan fingerprint density at radius 3 is 3.11 bits per heavy atom. The molecule has 18 heavy (non-hydrogen) atoms. The number of ether oxygens (including phenoxy) is 1. The van der Waals surface area contributed by atoms with Crippen LogP contribution in [-0.2, 0) is 9.53 Å². The molecule has 1 atom stereocenters. The van der Waals surface area contributed by atoms with Crippen LogP contribution in [0.4, 0.5) is 5.69 Å². The van der Waals surface area contributed by atoms with E-state index in [1.807, 2.05) is 6.07 Å².